The Morgan fingerprint density at radius 1 is 1.21 bits per heavy atom. The average molecular weight is 461 g/mol. The molecular formula is C26H40N2O5. The van der Waals surface area contributed by atoms with Gasteiger partial charge in [0.15, 0.2) is 0 Å². The van der Waals surface area contributed by atoms with Crippen LogP contribution in [-0.4, -0.2) is 56.1 Å². The van der Waals surface area contributed by atoms with E-state index >= 15 is 0 Å². The molecule has 1 N–H and O–H groups in total. The van der Waals surface area contributed by atoms with Gasteiger partial charge < -0.3 is 19.7 Å². The number of ether oxygens (including phenoxy) is 2. The van der Waals surface area contributed by atoms with Crippen molar-refractivity contribution >= 4 is 17.8 Å². The van der Waals surface area contributed by atoms with Crippen molar-refractivity contribution in [2.24, 2.45) is 11.3 Å². The van der Waals surface area contributed by atoms with Crippen LogP contribution in [0.4, 0.5) is 0 Å². The predicted molar refractivity (Wildman–Crippen MR) is 126 cm³/mol. The van der Waals surface area contributed by atoms with E-state index in [0.29, 0.717) is 39.1 Å². The van der Waals surface area contributed by atoms with Crippen LogP contribution in [0.2, 0.25) is 0 Å². The Hall–Kier alpha value is -2.15. The van der Waals surface area contributed by atoms with Crippen molar-refractivity contribution < 1.29 is 23.9 Å². The highest BCUT2D eigenvalue weighted by molar-refractivity contribution is 5.92. The Balaban J connectivity index is 1.80. The van der Waals surface area contributed by atoms with Gasteiger partial charge in [-0.1, -0.05) is 17.7 Å². The van der Waals surface area contributed by atoms with Gasteiger partial charge in [-0.15, -0.1) is 0 Å². The fourth-order valence-corrected chi connectivity index (χ4v) is 5.46. The second-order valence-electron chi connectivity index (χ2n) is 9.43. The molecule has 0 spiro atoms. The number of amides is 2. The van der Waals surface area contributed by atoms with Gasteiger partial charge >= 0.3 is 5.97 Å². The molecule has 0 bridgehead atoms. The molecule has 1 aliphatic heterocycles. The Morgan fingerprint density at radius 2 is 2.03 bits per heavy atom. The van der Waals surface area contributed by atoms with Crippen molar-refractivity contribution in [3.8, 4) is 0 Å². The standard InChI is InChI=1S/C26H40N2O5/c1-3-33-25(31)26-14-8-7-12-22(26)28(16-13-20-10-5-4-6-11-20)24(30)21(19-26)18-23(29)27-15-9-17-32-2/h10,12,21H,3-9,11,13-19H2,1-2H3,(H,27,29)/t21-,26+/m1/s1. The first-order chi connectivity index (χ1) is 16.0. The summed E-state index contributed by atoms with van der Waals surface area (Å²) in [5, 5.41) is 2.89. The SMILES string of the molecule is CCOC(=O)[C@]12CCCC=C1N(CCC1=CCCCC1)C(=O)[C@H](CC(=O)NCCCOC)C2. The number of fused-ring (bicyclic) bond motifs is 1. The van der Waals surface area contributed by atoms with E-state index in [4.69, 9.17) is 9.47 Å². The second-order valence-corrected chi connectivity index (χ2v) is 9.43. The monoisotopic (exact) mass is 460 g/mol. The zero-order valence-electron chi connectivity index (χ0n) is 20.3. The normalized spacial score (nSPS) is 25.1. The quantitative estimate of drug-likeness (QED) is 0.287. The van der Waals surface area contributed by atoms with Crippen LogP contribution in [0.3, 0.4) is 0 Å². The molecule has 0 saturated carbocycles. The number of nitrogens with zero attached hydrogens (tertiary/aromatic N) is 1. The number of nitrogens with one attached hydrogen (secondary N) is 1. The highest BCUT2D eigenvalue weighted by Crippen LogP contribution is 2.50. The molecular weight excluding hydrogens is 420 g/mol. The molecule has 1 heterocycles. The van der Waals surface area contributed by atoms with E-state index in [1.807, 2.05) is 11.8 Å². The van der Waals surface area contributed by atoms with Gasteiger partial charge in [0.05, 0.1) is 6.61 Å². The van der Waals surface area contributed by atoms with E-state index in [0.717, 1.165) is 44.2 Å². The van der Waals surface area contributed by atoms with Crippen LogP contribution < -0.4 is 5.32 Å². The maximum Gasteiger partial charge on any atom is 0.318 e. The van der Waals surface area contributed by atoms with Crippen molar-refractivity contribution in [2.75, 3.05) is 33.4 Å². The van der Waals surface area contributed by atoms with Gasteiger partial charge in [0.25, 0.3) is 0 Å². The minimum atomic E-state index is -0.829. The minimum absolute atomic E-state index is 0.0356. The third-order valence-corrected chi connectivity index (χ3v) is 7.12. The first-order valence-electron chi connectivity index (χ1n) is 12.6. The van der Waals surface area contributed by atoms with E-state index < -0.39 is 11.3 Å². The van der Waals surface area contributed by atoms with Crippen LogP contribution in [-0.2, 0) is 23.9 Å². The number of hydrogen-bond donors (Lipinski definition) is 1. The van der Waals surface area contributed by atoms with Gasteiger partial charge in [-0.2, -0.15) is 0 Å². The lowest BCUT2D eigenvalue weighted by Gasteiger charge is -2.48. The molecule has 184 valence electrons. The van der Waals surface area contributed by atoms with Crippen LogP contribution in [0.15, 0.2) is 23.4 Å². The highest BCUT2D eigenvalue weighted by Gasteiger charge is 2.54. The van der Waals surface area contributed by atoms with E-state index in [-0.39, 0.29) is 24.2 Å². The first kappa shape index (κ1) is 25.5. The van der Waals surface area contributed by atoms with Gasteiger partial charge in [0.1, 0.15) is 5.41 Å². The summed E-state index contributed by atoms with van der Waals surface area (Å²) in [5.41, 5.74) is 1.37. The van der Waals surface area contributed by atoms with Crippen LogP contribution in [0.1, 0.15) is 77.6 Å². The second kappa shape index (κ2) is 12.4. The van der Waals surface area contributed by atoms with Crippen molar-refractivity contribution in [3.63, 3.8) is 0 Å². The smallest absolute Gasteiger partial charge is 0.318 e. The summed E-state index contributed by atoms with van der Waals surface area (Å²) >= 11 is 0. The number of allylic oxidation sites excluding steroid dienone is 2. The fraction of sp³-hybridized carbons (Fsp3) is 0.731. The maximum atomic E-state index is 13.6. The molecule has 33 heavy (non-hydrogen) atoms. The van der Waals surface area contributed by atoms with E-state index in [9.17, 15) is 14.4 Å². The number of rotatable bonds is 11. The van der Waals surface area contributed by atoms with Gasteiger partial charge in [0.2, 0.25) is 11.8 Å². The van der Waals surface area contributed by atoms with Gasteiger partial charge in [-0.3, -0.25) is 14.4 Å². The summed E-state index contributed by atoms with van der Waals surface area (Å²) in [7, 11) is 1.63. The van der Waals surface area contributed by atoms with Crippen molar-refractivity contribution in [1.82, 2.24) is 10.2 Å². The molecule has 0 aromatic rings. The molecule has 7 heteroatoms. The number of likely N-dealkylation sites (tertiary alicyclic amines) is 1. The number of piperidine rings is 1. The van der Waals surface area contributed by atoms with E-state index in [1.54, 1.807) is 7.11 Å². The lowest BCUT2D eigenvalue weighted by Crippen LogP contribution is -2.54. The maximum absolute atomic E-state index is 13.6. The number of methoxy groups -OCH3 is 1. The average Bonchev–Trinajstić information content (AvgIpc) is 2.83. The summed E-state index contributed by atoms with van der Waals surface area (Å²) in [6.45, 7) is 3.77. The van der Waals surface area contributed by atoms with Crippen LogP contribution in [0.25, 0.3) is 0 Å². The number of hydrogen-bond acceptors (Lipinski definition) is 5. The molecule has 0 unspecified atom stereocenters. The van der Waals surface area contributed by atoms with Crippen LogP contribution in [0, 0.1) is 11.3 Å². The van der Waals surface area contributed by atoms with E-state index in [1.165, 1.54) is 18.4 Å². The number of carbonyl (C=O) groups excluding carboxylic acids is 3. The molecule has 2 aliphatic carbocycles. The number of esters is 1. The molecule has 0 aromatic heterocycles. The molecule has 0 aromatic carbocycles. The highest BCUT2D eigenvalue weighted by atomic mass is 16.5. The molecule has 2 amide bonds. The van der Waals surface area contributed by atoms with Crippen molar-refractivity contribution in [2.45, 2.75) is 77.6 Å². The summed E-state index contributed by atoms with van der Waals surface area (Å²) < 4.78 is 10.6. The lowest BCUT2D eigenvalue weighted by atomic mass is 9.66. The van der Waals surface area contributed by atoms with Crippen LogP contribution in [0.5, 0.6) is 0 Å². The molecule has 1 saturated heterocycles. The van der Waals surface area contributed by atoms with Crippen molar-refractivity contribution in [1.29, 1.82) is 0 Å². The zero-order valence-corrected chi connectivity index (χ0v) is 20.3. The predicted octanol–water partition coefficient (Wildman–Crippen LogP) is 3.89. The molecule has 1 fully saturated rings. The van der Waals surface area contributed by atoms with Crippen molar-refractivity contribution in [3.05, 3.63) is 23.4 Å². The Labute approximate surface area is 197 Å². The minimum Gasteiger partial charge on any atom is -0.465 e. The number of carbonyl (C=O) groups is 3. The Bertz CT molecular complexity index is 775. The van der Waals surface area contributed by atoms with Crippen LogP contribution >= 0.6 is 0 Å². The Morgan fingerprint density at radius 3 is 2.76 bits per heavy atom. The zero-order chi connectivity index (χ0) is 23.7. The third kappa shape index (κ3) is 6.25. The fourth-order valence-electron chi connectivity index (χ4n) is 5.46. The largest absolute Gasteiger partial charge is 0.465 e. The Kier molecular flexibility index (Phi) is 9.53. The topological polar surface area (TPSA) is 84.9 Å². The molecule has 2 atom stereocenters. The summed E-state index contributed by atoms with van der Waals surface area (Å²) in [4.78, 5) is 41.3. The third-order valence-electron chi connectivity index (χ3n) is 7.12. The van der Waals surface area contributed by atoms with Gasteiger partial charge in [-0.25, -0.2) is 0 Å². The molecule has 3 aliphatic rings. The van der Waals surface area contributed by atoms with Gasteiger partial charge in [-0.05, 0) is 71.1 Å². The van der Waals surface area contributed by atoms with Gasteiger partial charge in [0, 0.05) is 44.8 Å². The first-order valence-corrected chi connectivity index (χ1v) is 12.6. The molecule has 0 radical (unpaired) electrons. The summed E-state index contributed by atoms with van der Waals surface area (Å²) in [6.07, 6.45) is 13.4. The lowest BCUT2D eigenvalue weighted by molar-refractivity contribution is -0.162. The molecule has 3 rings (SSSR count). The van der Waals surface area contributed by atoms with E-state index in [2.05, 4.69) is 17.5 Å². The summed E-state index contributed by atoms with van der Waals surface area (Å²) in [5.74, 6) is -0.962. The summed E-state index contributed by atoms with van der Waals surface area (Å²) in [6, 6.07) is 0. The molecule has 7 nitrogen and oxygen atoms in total.